The van der Waals surface area contributed by atoms with Gasteiger partial charge in [-0.3, -0.25) is 0 Å². The third kappa shape index (κ3) is 10.3. The minimum absolute atomic E-state index is 0. The monoisotopic (exact) mass is 784 g/mol. The number of thiazole rings is 2. The minimum atomic E-state index is -0.529. The van der Waals surface area contributed by atoms with Crippen molar-refractivity contribution in [1.82, 2.24) is 29.9 Å². The first-order valence-corrected chi connectivity index (χ1v) is 18.9. The summed E-state index contributed by atoms with van der Waals surface area (Å²) in [5.74, 6) is 4.81. The summed E-state index contributed by atoms with van der Waals surface area (Å²) in [6.45, 7) is 15.6. The Labute approximate surface area is 310 Å². The van der Waals surface area contributed by atoms with Gasteiger partial charge in [-0.05, 0) is 94.0 Å². The molecule has 0 aromatic carbocycles. The number of hydrogen-bond acceptors (Lipinski definition) is 14. The molecule has 2 saturated carbocycles. The maximum Gasteiger partial charge on any atom is 0.358 e. The van der Waals surface area contributed by atoms with Gasteiger partial charge in [-0.25, -0.2) is 39.5 Å². The Hall–Kier alpha value is -3.56. The van der Waals surface area contributed by atoms with Crippen molar-refractivity contribution in [2.75, 3.05) is 36.0 Å². The lowest BCUT2D eigenvalue weighted by atomic mass is 10.2. The van der Waals surface area contributed by atoms with Crippen LogP contribution in [0.2, 0.25) is 0 Å². The predicted molar refractivity (Wildman–Crippen MR) is 200 cm³/mol. The summed E-state index contributed by atoms with van der Waals surface area (Å²) >= 11 is 6.04. The van der Waals surface area contributed by atoms with Crippen molar-refractivity contribution in [3.8, 4) is 10.7 Å². The lowest BCUT2D eigenvalue weighted by Crippen LogP contribution is -2.24. The SMILES string of the molecule is Brc1cnc(N2CC3CC3C2)cn1.C.CC(C)(C)OC(=O)c1csc(-c2cnc(N3CC4CC4C3)cn2)n1.CC(C)(C)OC(=O)c1cscn1. The van der Waals surface area contributed by atoms with E-state index in [2.05, 4.69) is 55.6 Å². The Bertz CT molecular complexity index is 1720. The zero-order chi connectivity index (χ0) is 34.9. The van der Waals surface area contributed by atoms with Crippen molar-refractivity contribution in [2.45, 2.75) is 73.0 Å². The summed E-state index contributed by atoms with van der Waals surface area (Å²) in [5, 5.41) is 4.06. The maximum atomic E-state index is 12.0. The molecule has 0 spiro atoms. The highest BCUT2D eigenvalue weighted by Crippen LogP contribution is 2.46. The predicted octanol–water partition coefficient (Wildman–Crippen LogP) is 7.44. The van der Waals surface area contributed by atoms with E-state index in [9.17, 15) is 9.59 Å². The van der Waals surface area contributed by atoms with Gasteiger partial charge in [0.2, 0.25) is 0 Å². The molecule has 0 amide bonds. The normalized spacial score (nSPS) is 21.3. The van der Waals surface area contributed by atoms with Crippen LogP contribution in [0.25, 0.3) is 10.7 Å². The standard InChI is InChI=1S/C17H20N4O2S.C9H10BrN3.C8H11NO2S.CH4/c1-17(2,3)23-16(22)13-9-24-15(20-13)12-5-19-14(6-18-12)21-7-10-4-11(10)8-21;10-8-2-12-9(3-11-8)13-4-6-1-7(6)5-13;1-8(2,3)11-7(10)6-4-12-5-9-6;/h5-6,9-11H,4,7-8H2,1-3H3;2-3,6-7H,1,4-5H2;4-5H,1-3H3;1H4. The van der Waals surface area contributed by atoms with E-state index in [1.807, 2.05) is 47.7 Å². The van der Waals surface area contributed by atoms with Crippen LogP contribution in [0.4, 0.5) is 11.6 Å². The maximum absolute atomic E-state index is 12.0. The average Bonchev–Trinajstić information content (AvgIpc) is 3.57. The molecule has 4 fully saturated rings. The number of esters is 2. The van der Waals surface area contributed by atoms with Crippen LogP contribution in [0.3, 0.4) is 0 Å². The number of hydrogen-bond donors (Lipinski definition) is 0. The highest BCUT2D eigenvalue weighted by Gasteiger charge is 2.46. The van der Waals surface area contributed by atoms with Crippen molar-refractivity contribution >= 4 is 62.2 Å². The van der Waals surface area contributed by atoms with Gasteiger partial charge >= 0.3 is 11.9 Å². The Kier molecular flexibility index (Phi) is 11.6. The Morgan fingerprint density at radius 1 is 0.720 bits per heavy atom. The molecule has 4 unspecified atom stereocenters. The Balaban J connectivity index is 0.000000158. The molecular weight excluding hydrogens is 740 g/mol. The number of carbonyl (C=O) groups excluding carboxylic acids is 2. The van der Waals surface area contributed by atoms with Crippen molar-refractivity contribution in [3.63, 3.8) is 0 Å². The van der Waals surface area contributed by atoms with Crippen molar-refractivity contribution in [3.05, 3.63) is 57.0 Å². The highest BCUT2D eigenvalue weighted by atomic mass is 79.9. The van der Waals surface area contributed by atoms with E-state index in [4.69, 9.17) is 9.47 Å². The van der Waals surface area contributed by atoms with E-state index < -0.39 is 17.2 Å². The second kappa shape index (κ2) is 15.4. The number of halogens is 1. The van der Waals surface area contributed by atoms with Gasteiger partial charge in [0.15, 0.2) is 11.4 Å². The summed E-state index contributed by atoms with van der Waals surface area (Å²) in [6, 6.07) is 0. The van der Waals surface area contributed by atoms with Crippen LogP contribution in [-0.2, 0) is 9.47 Å². The van der Waals surface area contributed by atoms with Crippen LogP contribution >= 0.6 is 38.6 Å². The van der Waals surface area contributed by atoms with Crippen molar-refractivity contribution in [2.24, 2.45) is 23.7 Å². The number of carbonyl (C=O) groups is 2. The highest BCUT2D eigenvalue weighted by molar-refractivity contribution is 9.10. The molecule has 4 aliphatic rings. The molecule has 2 aliphatic heterocycles. The first-order chi connectivity index (χ1) is 23.2. The van der Waals surface area contributed by atoms with E-state index in [1.54, 1.807) is 34.9 Å². The number of ether oxygens (including phenoxy) is 2. The molecule has 0 radical (unpaired) electrons. The van der Waals surface area contributed by atoms with Crippen molar-refractivity contribution < 1.29 is 19.1 Å². The fraction of sp³-hybridized carbons (Fsp3) is 0.543. The van der Waals surface area contributed by atoms with Crippen LogP contribution in [0.1, 0.15) is 82.8 Å². The van der Waals surface area contributed by atoms with Gasteiger partial charge in [-0.1, -0.05) is 7.43 Å². The van der Waals surface area contributed by atoms with Crippen LogP contribution in [0.15, 0.2) is 45.7 Å². The van der Waals surface area contributed by atoms with Gasteiger partial charge in [0.05, 0.1) is 30.3 Å². The largest absolute Gasteiger partial charge is 0.455 e. The second-order valence-electron chi connectivity index (χ2n) is 14.7. The molecule has 4 atom stereocenters. The lowest BCUT2D eigenvalue weighted by molar-refractivity contribution is 0.00514. The van der Waals surface area contributed by atoms with E-state index in [0.29, 0.717) is 22.1 Å². The number of piperidine rings is 2. The van der Waals surface area contributed by atoms with Crippen LogP contribution in [-0.4, -0.2) is 79.2 Å². The van der Waals surface area contributed by atoms with Gasteiger partial charge in [0.1, 0.15) is 38.1 Å². The fourth-order valence-electron chi connectivity index (χ4n) is 5.69. The minimum Gasteiger partial charge on any atom is -0.455 e. The van der Waals surface area contributed by atoms with E-state index in [-0.39, 0.29) is 13.4 Å². The number of fused-ring (bicyclic) bond motifs is 2. The molecule has 15 heteroatoms. The molecule has 6 heterocycles. The number of nitrogens with zero attached hydrogens (tertiary/aromatic N) is 8. The molecule has 4 aromatic heterocycles. The molecular formula is C35H45BrN8O4S2. The van der Waals surface area contributed by atoms with Gasteiger partial charge in [0, 0.05) is 36.9 Å². The Morgan fingerprint density at radius 3 is 1.68 bits per heavy atom. The molecule has 0 N–H and O–H groups in total. The van der Waals surface area contributed by atoms with Crippen LogP contribution < -0.4 is 9.80 Å². The third-order valence-electron chi connectivity index (χ3n) is 8.22. The lowest BCUT2D eigenvalue weighted by Gasteiger charge is -2.18. The topological polar surface area (TPSA) is 136 Å². The van der Waals surface area contributed by atoms with Crippen molar-refractivity contribution in [1.29, 1.82) is 0 Å². The smallest absolute Gasteiger partial charge is 0.358 e. The molecule has 8 rings (SSSR count). The van der Waals surface area contributed by atoms with Gasteiger partial charge < -0.3 is 19.3 Å². The van der Waals surface area contributed by atoms with Gasteiger partial charge in [-0.15, -0.1) is 22.7 Å². The summed E-state index contributed by atoms with van der Waals surface area (Å²) < 4.78 is 11.2. The van der Waals surface area contributed by atoms with Gasteiger partial charge in [-0.2, -0.15) is 0 Å². The van der Waals surface area contributed by atoms with E-state index in [0.717, 1.165) is 53.0 Å². The number of aromatic nitrogens is 6. The molecule has 4 aromatic rings. The zero-order valence-electron chi connectivity index (χ0n) is 28.5. The summed E-state index contributed by atoms with van der Waals surface area (Å²) in [7, 11) is 0. The zero-order valence-corrected chi connectivity index (χ0v) is 31.7. The molecule has 268 valence electrons. The molecule has 50 heavy (non-hydrogen) atoms. The second-order valence-corrected chi connectivity index (χ2v) is 17.1. The van der Waals surface area contributed by atoms with E-state index >= 15 is 0 Å². The summed E-state index contributed by atoms with van der Waals surface area (Å²) in [6.07, 6.45) is 9.94. The van der Waals surface area contributed by atoms with Crippen LogP contribution in [0.5, 0.6) is 0 Å². The van der Waals surface area contributed by atoms with Gasteiger partial charge in [0.25, 0.3) is 0 Å². The molecule has 2 saturated heterocycles. The summed E-state index contributed by atoms with van der Waals surface area (Å²) in [5.41, 5.74) is 2.02. The van der Waals surface area contributed by atoms with E-state index in [1.165, 1.54) is 48.6 Å². The first-order valence-electron chi connectivity index (χ1n) is 16.3. The average molecular weight is 786 g/mol. The Morgan fingerprint density at radius 2 is 1.24 bits per heavy atom. The molecule has 2 aliphatic carbocycles. The number of rotatable bonds is 5. The number of anilines is 2. The molecule has 12 nitrogen and oxygen atoms in total. The quantitative estimate of drug-likeness (QED) is 0.186. The van der Waals surface area contributed by atoms with Crippen LogP contribution in [0, 0.1) is 23.7 Å². The molecule has 0 bridgehead atoms. The fourth-order valence-corrected chi connectivity index (χ4v) is 7.17. The third-order valence-corrected chi connectivity index (χ3v) is 10.1. The first kappa shape index (κ1) is 37.7. The summed E-state index contributed by atoms with van der Waals surface area (Å²) in [4.78, 5) is 53.6.